The van der Waals surface area contributed by atoms with Crippen molar-refractivity contribution in [1.82, 2.24) is 0 Å². The number of thioether (sulfide) groups is 1. The fourth-order valence-corrected chi connectivity index (χ4v) is 3.41. The summed E-state index contributed by atoms with van der Waals surface area (Å²) in [6.07, 6.45) is 8.41. The third kappa shape index (κ3) is 4.76. The molecular weight excluding hydrogens is 216 g/mol. The van der Waals surface area contributed by atoms with Gasteiger partial charge in [-0.3, -0.25) is 0 Å². The van der Waals surface area contributed by atoms with Crippen molar-refractivity contribution in [1.29, 1.82) is 5.26 Å². The van der Waals surface area contributed by atoms with Gasteiger partial charge >= 0.3 is 0 Å². The molecule has 16 heavy (non-hydrogen) atoms. The quantitative estimate of drug-likeness (QED) is 0.694. The fourth-order valence-electron chi connectivity index (χ4n) is 2.23. The van der Waals surface area contributed by atoms with Crippen LogP contribution in [0.1, 0.15) is 51.9 Å². The number of hydrogen-bond donors (Lipinski definition) is 1. The lowest BCUT2D eigenvalue weighted by Gasteiger charge is -2.18. The molecule has 1 atom stereocenters. The van der Waals surface area contributed by atoms with Crippen LogP contribution in [-0.4, -0.2) is 17.0 Å². The maximum absolute atomic E-state index is 8.93. The van der Waals surface area contributed by atoms with E-state index in [0.717, 1.165) is 30.9 Å². The summed E-state index contributed by atoms with van der Waals surface area (Å²) in [5.41, 5.74) is 5.36. The van der Waals surface area contributed by atoms with E-state index >= 15 is 0 Å². The average Bonchev–Trinajstić information content (AvgIpc) is 2.81. The molecule has 0 spiro atoms. The SMILES string of the molecule is CCC(N)(C#N)CCCSCC1CCCC1. The fraction of sp³-hybridized carbons (Fsp3) is 0.923. The predicted molar refractivity (Wildman–Crippen MR) is 71.3 cm³/mol. The first-order valence-corrected chi connectivity index (χ1v) is 7.63. The van der Waals surface area contributed by atoms with E-state index in [1.165, 1.54) is 31.4 Å². The summed E-state index contributed by atoms with van der Waals surface area (Å²) in [5.74, 6) is 3.45. The Morgan fingerprint density at radius 1 is 1.44 bits per heavy atom. The molecule has 0 aromatic heterocycles. The van der Waals surface area contributed by atoms with Crippen molar-refractivity contribution < 1.29 is 0 Å². The standard InChI is InChI=1S/C13H24N2S/c1-2-13(15,11-14)8-5-9-16-10-12-6-3-4-7-12/h12H,2-10,15H2,1H3. The van der Waals surface area contributed by atoms with Crippen LogP contribution in [0.2, 0.25) is 0 Å². The van der Waals surface area contributed by atoms with Gasteiger partial charge in [0.1, 0.15) is 5.54 Å². The zero-order valence-electron chi connectivity index (χ0n) is 10.4. The molecule has 1 unspecified atom stereocenters. The third-order valence-corrected chi connectivity index (χ3v) is 4.88. The molecule has 0 aliphatic heterocycles. The second kappa shape index (κ2) is 7.19. The molecular formula is C13H24N2S. The molecule has 0 radical (unpaired) electrons. The third-order valence-electron chi connectivity index (χ3n) is 3.59. The van der Waals surface area contributed by atoms with Crippen LogP contribution in [0, 0.1) is 17.2 Å². The van der Waals surface area contributed by atoms with E-state index < -0.39 is 5.54 Å². The Bertz CT molecular complexity index is 231. The summed E-state index contributed by atoms with van der Waals surface area (Å²) in [7, 11) is 0. The summed E-state index contributed by atoms with van der Waals surface area (Å²) in [5, 5.41) is 8.93. The Hall–Kier alpha value is -0.200. The minimum atomic E-state index is -0.575. The first-order chi connectivity index (χ1) is 7.70. The van der Waals surface area contributed by atoms with Crippen molar-refractivity contribution in [3.8, 4) is 6.07 Å². The number of rotatable bonds is 7. The van der Waals surface area contributed by atoms with Crippen molar-refractivity contribution in [2.75, 3.05) is 11.5 Å². The Morgan fingerprint density at radius 3 is 2.69 bits per heavy atom. The Morgan fingerprint density at radius 2 is 2.12 bits per heavy atom. The van der Waals surface area contributed by atoms with E-state index in [4.69, 9.17) is 11.0 Å². The van der Waals surface area contributed by atoms with Crippen LogP contribution >= 0.6 is 11.8 Å². The smallest absolute Gasteiger partial charge is 0.104 e. The molecule has 1 fully saturated rings. The Balaban J connectivity index is 2.01. The van der Waals surface area contributed by atoms with Crippen molar-refractivity contribution in [2.24, 2.45) is 11.7 Å². The van der Waals surface area contributed by atoms with Gasteiger partial charge in [-0.2, -0.15) is 17.0 Å². The van der Waals surface area contributed by atoms with Crippen LogP contribution in [-0.2, 0) is 0 Å². The van der Waals surface area contributed by atoms with E-state index in [9.17, 15) is 0 Å². The van der Waals surface area contributed by atoms with Gasteiger partial charge in [-0.15, -0.1) is 0 Å². The van der Waals surface area contributed by atoms with Gasteiger partial charge in [-0.25, -0.2) is 0 Å². The second-order valence-electron chi connectivity index (χ2n) is 4.95. The van der Waals surface area contributed by atoms with Crippen LogP contribution in [0.15, 0.2) is 0 Å². The van der Waals surface area contributed by atoms with Gasteiger partial charge in [0.2, 0.25) is 0 Å². The first-order valence-electron chi connectivity index (χ1n) is 6.48. The summed E-state index contributed by atoms with van der Waals surface area (Å²) < 4.78 is 0. The van der Waals surface area contributed by atoms with Crippen LogP contribution in [0.4, 0.5) is 0 Å². The molecule has 0 saturated heterocycles. The van der Waals surface area contributed by atoms with Crippen LogP contribution < -0.4 is 5.73 Å². The lowest BCUT2D eigenvalue weighted by atomic mass is 9.94. The average molecular weight is 240 g/mol. The molecule has 1 aliphatic carbocycles. The molecule has 92 valence electrons. The molecule has 3 heteroatoms. The van der Waals surface area contributed by atoms with Gasteiger partial charge < -0.3 is 5.73 Å². The highest BCUT2D eigenvalue weighted by Crippen LogP contribution is 2.28. The molecule has 0 aromatic carbocycles. The molecule has 1 saturated carbocycles. The summed E-state index contributed by atoms with van der Waals surface area (Å²) in [6.45, 7) is 1.99. The number of nitrogens with zero attached hydrogens (tertiary/aromatic N) is 1. The maximum atomic E-state index is 8.93. The molecule has 0 amide bonds. The van der Waals surface area contributed by atoms with Crippen molar-refractivity contribution in [3.05, 3.63) is 0 Å². The van der Waals surface area contributed by atoms with Crippen molar-refractivity contribution >= 4 is 11.8 Å². The lowest BCUT2D eigenvalue weighted by Crippen LogP contribution is -2.37. The monoisotopic (exact) mass is 240 g/mol. The van der Waals surface area contributed by atoms with Crippen LogP contribution in [0.5, 0.6) is 0 Å². The normalized spacial score (nSPS) is 20.6. The van der Waals surface area contributed by atoms with Crippen molar-refractivity contribution in [2.45, 2.75) is 57.4 Å². The van der Waals surface area contributed by atoms with Gasteiger partial charge in [0.25, 0.3) is 0 Å². The van der Waals surface area contributed by atoms with Crippen LogP contribution in [0.3, 0.4) is 0 Å². The second-order valence-corrected chi connectivity index (χ2v) is 6.10. The summed E-state index contributed by atoms with van der Waals surface area (Å²) in [4.78, 5) is 0. The van der Waals surface area contributed by atoms with Crippen LogP contribution in [0.25, 0.3) is 0 Å². The molecule has 1 rings (SSSR count). The minimum Gasteiger partial charge on any atom is -0.313 e. The van der Waals surface area contributed by atoms with Crippen molar-refractivity contribution in [3.63, 3.8) is 0 Å². The van der Waals surface area contributed by atoms with E-state index in [-0.39, 0.29) is 0 Å². The van der Waals surface area contributed by atoms with Gasteiger partial charge in [0, 0.05) is 0 Å². The van der Waals surface area contributed by atoms with Gasteiger partial charge in [-0.05, 0) is 49.5 Å². The number of nitriles is 1. The summed E-state index contributed by atoms with van der Waals surface area (Å²) >= 11 is 2.05. The maximum Gasteiger partial charge on any atom is 0.104 e. The molecule has 0 heterocycles. The molecule has 0 aromatic rings. The van der Waals surface area contributed by atoms with E-state index in [1.807, 2.05) is 18.7 Å². The molecule has 0 bridgehead atoms. The highest BCUT2D eigenvalue weighted by atomic mass is 32.2. The van der Waals surface area contributed by atoms with Gasteiger partial charge in [0.05, 0.1) is 6.07 Å². The highest BCUT2D eigenvalue weighted by Gasteiger charge is 2.21. The topological polar surface area (TPSA) is 49.8 Å². The van der Waals surface area contributed by atoms with Gasteiger partial charge in [0.15, 0.2) is 0 Å². The largest absolute Gasteiger partial charge is 0.313 e. The summed E-state index contributed by atoms with van der Waals surface area (Å²) in [6, 6.07) is 2.23. The number of hydrogen-bond acceptors (Lipinski definition) is 3. The molecule has 2 N–H and O–H groups in total. The van der Waals surface area contributed by atoms with E-state index in [1.54, 1.807) is 0 Å². The van der Waals surface area contributed by atoms with Gasteiger partial charge in [-0.1, -0.05) is 19.8 Å². The molecule has 1 aliphatic rings. The zero-order chi connectivity index (χ0) is 11.9. The van der Waals surface area contributed by atoms with E-state index in [2.05, 4.69) is 6.07 Å². The Kier molecular flexibility index (Phi) is 6.23. The Labute approximate surface area is 104 Å². The van der Waals surface area contributed by atoms with E-state index in [0.29, 0.717) is 0 Å². The highest BCUT2D eigenvalue weighted by molar-refractivity contribution is 7.99. The molecule has 2 nitrogen and oxygen atoms in total. The zero-order valence-corrected chi connectivity index (χ0v) is 11.2. The number of nitrogens with two attached hydrogens (primary N) is 1. The lowest BCUT2D eigenvalue weighted by molar-refractivity contribution is 0.478. The first kappa shape index (κ1) is 13.9. The minimum absolute atomic E-state index is 0.575. The predicted octanol–water partition coefficient (Wildman–Crippen LogP) is 3.32.